The number of carbonyl (C=O) groups excluding carboxylic acids is 1. The molecule has 1 aromatic heterocycles. The second-order valence-corrected chi connectivity index (χ2v) is 8.06. The van der Waals surface area contributed by atoms with Crippen molar-refractivity contribution in [2.24, 2.45) is 5.41 Å². The molecular formula is C21H25N3O4. The lowest BCUT2D eigenvalue weighted by Gasteiger charge is -2.30. The zero-order chi connectivity index (χ0) is 19.0. The number of ether oxygens (including phenoxy) is 3. The first kappa shape index (κ1) is 17.4. The number of carbonyl (C=O) groups is 1. The summed E-state index contributed by atoms with van der Waals surface area (Å²) in [7, 11) is 0. The van der Waals surface area contributed by atoms with Gasteiger partial charge in [0.15, 0.2) is 11.5 Å². The normalized spacial score (nSPS) is 24.6. The minimum absolute atomic E-state index is 0.174. The Morgan fingerprint density at radius 1 is 1.21 bits per heavy atom. The molecule has 1 amide bonds. The van der Waals surface area contributed by atoms with E-state index >= 15 is 0 Å². The molecule has 0 unspecified atom stereocenters. The number of benzene rings is 1. The van der Waals surface area contributed by atoms with Gasteiger partial charge in [0, 0.05) is 24.5 Å². The lowest BCUT2D eigenvalue weighted by Crippen LogP contribution is -2.44. The fourth-order valence-corrected chi connectivity index (χ4v) is 4.12. The summed E-state index contributed by atoms with van der Waals surface area (Å²) in [4.78, 5) is 12.8. The summed E-state index contributed by atoms with van der Waals surface area (Å²) in [5.41, 5.74) is -0.258. The number of rotatable bonds is 6. The molecule has 1 aliphatic heterocycles. The Bertz CT molecular complexity index is 839. The average molecular weight is 383 g/mol. The molecule has 7 heteroatoms. The maximum absolute atomic E-state index is 12.8. The largest absolute Gasteiger partial charge is 0.490 e. The van der Waals surface area contributed by atoms with Crippen LogP contribution in [0, 0.1) is 5.41 Å². The van der Waals surface area contributed by atoms with Gasteiger partial charge in [-0.2, -0.15) is 5.10 Å². The standard InChI is InChI=1S/C21H25N3O4/c25-20(21(8-9-21)13-24-11-1-10-22-24)23-15-2-4-16(5-3-15)28-17-6-7-18-19(12-17)27-14-26-18/h1,6-7,10-12,15-16H,2-5,8-9,13-14H2,(H,23,25). The Labute approximate surface area is 164 Å². The van der Waals surface area contributed by atoms with Gasteiger partial charge in [-0.25, -0.2) is 0 Å². The van der Waals surface area contributed by atoms with Gasteiger partial charge in [-0.05, 0) is 56.7 Å². The van der Waals surface area contributed by atoms with E-state index in [2.05, 4.69) is 10.4 Å². The first-order valence-corrected chi connectivity index (χ1v) is 10.0. The van der Waals surface area contributed by atoms with Crippen molar-refractivity contribution in [2.45, 2.75) is 57.2 Å². The van der Waals surface area contributed by atoms with Crippen molar-refractivity contribution >= 4 is 5.91 Å². The van der Waals surface area contributed by atoms with Crippen molar-refractivity contribution in [3.8, 4) is 17.2 Å². The molecule has 148 valence electrons. The lowest BCUT2D eigenvalue weighted by atomic mass is 9.92. The summed E-state index contributed by atoms with van der Waals surface area (Å²) in [6, 6.07) is 7.84. The van der Waals surface area contributed by atoms with Crippen molar-refractivity contribution < 1.29 is 19.0 Å². The third-order valence-corrected chi connectivity index (χ3v) is 6.02. The van der Waals surface area contributed by atoms with Crippen LogP contribution in [0.4, 0.5) is 0 Å². The van der Waals surface area contributed by atoms with Crippen LogP contribution in [0.3, 0.4) is 0 Å². The maximum atomic E-state index is 12.8. The number of nitrogens with one attached hydrogen (secondary N) is 1. The van der Waals surface area contributed by atoms with Crippen LogP contribution >= 0.6 is 0 Å². The van der Waals surface area contributed by atoms with E-state index in [1.54, 1.807) is 6.20 Å². The molecule has 5 rings (SSSR count). The van der Waals surface area contributed by atoms with E-state index in [1.807, 2.05) is 35.1 Å². The highest BCUT2D eigenvalue weighted by atomic mass is 16.7. The first-order valence-electron chi connectivity index (χ1n) is 10.0. The van der Waals surface area contributed by atoms with Gasteiger partial charge in [-0.3, -0.25) is 9.48 Å². The zero-order valence-corrected chi connectivity index (χ0v) is 15.8. The molecule has 0 atom stereocenters. The minimum atomic E-state index is -0.258. The van der Waals surface area contributed by atoms with E-state index in [0.717, 1.165) is 55.8 Å². The quantitative estimate of drug-likeness (QED) is 0.830. The van der Waals surface area contributed by atoms with Gasteiger partial charge in [0.1, 0.15) is 5.75 Å². The molecule has 2 aromatic rings. The molecule has 0 saturated heterocycles. The van der Waals surface area contributed by atoms with Gasteiger partial charge >= 0.3 is 0 Å². The molecule has 7 nitrogen and oxygen atoms in total. The molecule has 0 bridgehead atoms. The topological polar surface area (TPSA) is 74.6 Å². The second-order valence-electron chi connectivity index (χ2n) is 8.06. The number of fused-ring (bicyclic) bond motifs is 1. The Kier molecular flexibility index (Phi) is 4.37. The van der Waals surface area contributed by atoms with Crippen LogP contribution in [0.2, 0.25) is 0 Å². The molecule has 2 aliphatic carbocycles. The molecule has 0 spiro atoms. The van der Waals surface area contributed by atoms with Crippen LogP contribution in [-0.2, 0) is 11.3 Å². The highest BCUT2D eigenvalue weighted by Crippen LogP contribution is 2.47. The van der Waals surface area contributed by atoms with Crippen LogP contribution in [-0.4, -0.2) is 34.6 Å². The predicted molar refractivity (Wildman–Crippen MR) is 101 cm³/mol. The summed E-state index contributed by atoms with van der Waals surface area (Å²) < 4.78 is 18.7. The molecule has 28 heavy (non-hydrogen) atoms. The smallest absolute Gasteiger partial charge is 0.231 e. The summed E-state index contributed by atoms with van der Waals surface area (Å²) in [5.74, 6) is 2.50. The maximum Gasteiger partial charge on any atom is 0.231 e. The summed E-state index contributed by atoms with van der Waals surface area (Å²) in [5, 5.41) is 7.53. The van der Waals surface area contributed by atoms with Crippen molar-refractivity contribution in [1.82, 2.24) is 15.1 Å². The van der Waals surface area contributed by atoms with Crippen molar-refractivity contribution in [3.63, 3.8) is 0 Å². The van der Waals surface area contributed by atoms with Crippen molar-refractivity contribution in [1.29, 1.82) is 0 Å². The Balaban J connectivity index is 1.11. The van der Waals surface area contributed by atoms with Gasteiger partial charge in [0.05, 0.1) is 18.1 Å². The zero-order valence-electron chi connectivity index (χ0n) is 15.8. The first-order chi connectivity index (χ1) is 13.7. The SMILES string of the molecule is O=C(NC1CCC(Oc2ccc3c(c2)OCO3)CC1)C1(Cn2cccn2)CC1. The van der Waals surface area contributed by atoms with E-state index in [-0.39, 0.29) is 30.3 Å². The molecule has 3 aliphatic rings. The van der Waals surface area contributed by atoms with Gasteiger partial charge < -0.3 is 19.5 Å². The van der Waals surface area contributed by atoms with Gasteiger partial charge in [-0.1, -0.05) is 0 Å². The fraction of sp³-hybridized carbons (Fsp3) is 0.524. The van der Waals surface area contributed by atoms with E-state index < -0.39 is 0 Å². The van der Waals surface area contributed by atoms with Gasteiger partial charge in [-0.15, -0.1) is 0 Å². The Morgan fingerprint density at radius 2 is 2.04 bits per heavy atom. The van der Waals surface area contributed by atoms with Gasteiger partial charge in [0.2, 0.25) is 12.7 Å². The molecule has 1 N–H and O–H groups in total. The Morgan fingerprint density at radius 3 is 2.79 bits per heavy atom. The van der Waals surface area contributed by atoms with Crippen LogP contribution in [0.1, 0.15) is 38.5 Å². The number of nitrogens with zero attached hydrogens (tertiary/aromatic N) is 2. The molecular weight excluding hydrogens is 358 g/mol. The van der Waals surface area contributed by atoms with Crippen LogP contribution in [0.15, 0.2) is 36.7 Å². The molecule has 2 heterocycles. The molecule has 0 radical (unpaired) electrons. The molecule has 1 aromatic carbocycles. The second kappa shape index (κ2) is 7.04. The highest BCUT2D eigenvalue weighted by Gasteiger charge is 2.50. The highest BCUT2D eigenvalue weighted by molar-refractivity contribution is 5.85. The monoisotopic (exact) mass is 383 g/mol. The van der Waals surface area contributed by atoms with E-state index in [4.69, 9.17) is 14.2 Å². The number of hydrogen-bond acceptors (Lipinski definition) is 5. The molecule has 2 fully saturated rings. The van der Waals surface area contributed by atoms with Crippen LogP contribution in [0.5, 0.6) is 17.2 Å². The van der Waals surface area contributed by atoms with E-state index in [1.165, 1.54) is 0 Å². The molecule has 2 saturated carbocycles. The number of amides is 1. The number of hydrogen-bond donors (Lipinski definition) is 1. The minimum Gasteiger partial charge on any atom is -0.490 e. The van der Waals surface area contributed by atoms with Crippen molar-refractivity contribution in [2.75, 3.05) is 6.79 Å². The average Bonchev–Trinajstić information content (AvgIpc) is 3.09. The fourth-order valence-electron chi connectivity index (χ4n) is 4.12. The van der Waals surface area contributed by atoms with Crippen LogP contribution < -0.4 is 19.5 Å². The van der Waals surface area contributed by atoms with E-state index in [9.17, 15) is 4.79 Å². The van der Waals surface area contributed by atoms with Crippen molar-refractivity contribution in [3.05, 3.63) is 36.7 Å². The summed E-state index contributed by atoms with van der Waals surface area (Å²) >= 11 is 0. The van der Waals surface area contributed by atoms with Gasteiger partial charge in [0.25, 0.3) is 0 Å². The Hall–Kier alpha value is -2.70. The third kappa shape index (κ3) is 3.53. The van der Waals surface area contributed by atoms with E-state index in [0.29, 0.717) is 6.54 Å². The predicted octanol–water partition coefficient (Wildman–Crippen LogP) is 2.90. The van der Waals surface area contributed by atoms with Crippen LogP contribution in [0.25, 0.3) is 0 Å². The lowest BCUT2D eigenvalue weighted by molar-refractivity contribution is -0.128. The summed E-state index contributed by atoms with van der Waals surface area (Å²) in [6.45, 7) is 0.944. The third-order valence-electron chi connectivity index (χ3n) is 6.02. The number of aromatic nitrogens is 2. The summed E-state index contributed by atoms with van der Waals surface area (Å²) in [6.07, 6.45) is 9.51.